The molecule has 0 saturated heterocycles. The molecule has 0 saturated carbocycles. The minimum absolute atomic E-state index is 0.104. The molecule has 1 amide bonds. The number of benzene rings is 1. The van der Waals surface area contributed by atoms with E-state index in [-0.39, 0.29) is 16.5 Å². The van der Waals surface area contributed by atoms with Crippen LogP contribution >= 0.6 is 10.7 Å². The second-order valence-electron chi connectivity index (χ2n) is 4.07. The molecule has 0 bridgehead atoms. The Morgan fingerprint density at radius 1 is 1.47 bits per heavy atom. The van der Waals surface area contributed by atoms with Gasteiger partial charge in [0, 0.05) is 16.2 Å². The summed E-state index contributed by atoms with van der Waals surface area (Å²) in [6, 6.07) is 3.82. The molecule has 1 atom stereocenters. The van der Waals surface area contributed by atoms with Gasteiger partial charge in [-0.25, -0.2) is 8.42 Å². The van der Waals surface area contributed by atoms with Gasteiger partial charge in [0.2, 0.25) is 0 Å². The van der Waals surface area contributed by atoms with Crippen LogP contribution in [0.1, 0.15) is 29.3 Å². The summed E-state index contributed by atoms with van der Waals surface area (Å²) in [5.41, 5.74) is 0.841. The first-order valence-corrected chi connectivity index (χ1v) is 7.92. The summed E-state index contributed by atoms with van der Waals surface area (Å²) in [4.78, 5) is 11.9. The number of hydrogen-bond acceptors (Lipinski definition) is 3. The van der Waals surface area contributed by atoms with Gasteiger partial charge >= 0.3 is 0 Å². The zero-order valence-electron chi connectivity index (χ0n) is 10.6. The summed E-state index contributed by atoms with van der Waals surface area (Å²) in [5, 5.41) is 2.63. The fourth-order valence-electron chi connectivity index (χ4n) is 1.52. The number of aryl methyl sites for hydroxylation is 1. The third kappa shape index (κ3) is 4.27. The lowest BCUT2D eigenvalue weighted by Gasteiger charge is -2.11. The van der Waals surface area contributed by atoms with E-state index in [9.17, 15) is 13.2 Å². The molecule has 19 heavy (non-hydrogen) atoms. The van der Waals surface area contributed by atoms with Crippen LogP contribution < -0.4 is 5.32 Å². The number of hydrogen-bond donors (Lipinski definition) is 1. The molecular formula is C13H14ClNO3S. The number of amides is 1. The highest BCUT2D eigenvalue weighted by Gasteiger charge is 2.16. The summed E-state index contributed by atoms with van der Waals surface area (Å²) in [7, 11) is 1.41. The molecule has 6 heteroatoms. The summed E-state index contributed by atoms with van der Waals surface area (Å²) >= 11 is 0. The molecule has 4 nitrogen and oxygen atoms in total. The van der Waals surface area contributed by atoms with Gasteiger partial charge in [-0.05, 0) is 37.1 Å². The molecule has 0 heterocycles. The molecule has 1 aromatic carbocycles. The van der Waals surface area contributed by atoms with E-state index in [4.69, 9.17) is 17.1 Å². The van der Waals surface area contributed by atoms with Crippen LogP contribution in [0.3, 0.4) is 0 Å². The topological polar surface area (TPSA) is 63.2 Å². The highest BCUT2D eigenvalue weighted by Crippen LogP contribution is 2.18. The van der Waals surface area contributed by atoms with Gasteiger partial charge in [0.25, 0.3) is 15.0 Å². The molecule has 0 aliphatic rings. The maximum atomic E-state index is 12.0. The van der Waals surface area contributed by atoms with Gasteiger partial charge in [0.1, 0.15) is 0 Å². The predicted octanol–water partition coefficient (Wildman–Crippen LogP) is 2.06. The van der Waals surface area contributed by atoms with E-state index in [1.54, 1.807) is 13.0 Å². The second kappa shape index (κ2) is 6.09. The standard InChI is InChI=1S/C13H14ClNO3S/c1-4-11(5-2)15-13(16)10-6-9(3)7-12(8-10)19(14,17)18/h1,6-8,11H,5H2,2-3H3,(H,15,16). The van der Waals surface area contributed by atoms with E-state index < -0.39 is 15.0 Å². The van der Waals surface area contributed by atoms with E-state index >= 15 is 0 Å². The maximum Gasteiger partial charge on any atom is 0.261 e. The summed E-state index contributed by atoms with van der Waals surface area (Å²) in [5.74, 6) is 2.01. The SMILES string of the molecule is C#CC(CC)NC(=O)c1cc(C)cc(S(=O)(=O)Cl)c1. The largest absolute Gasteiger partial charge is 0.338 e. The highest BCUT2D eigenvalue weighted by atomic mass is 35.7. The summed E-state index contributed by atoms with van der Waals surface area (Å²) < 4.78 is 22.6. The first kappa shape index (κ1) is 15.5. The van der Waals surface area contributed by atoms with Crippen LogP contribution in [0.2, 0.25) is 0 Å². The molecule has 0 fully saturated rings. The van der Waals surface area contributed by atoms with Crippen LogP contribution in [0.25, 0.3) is 0 Å². The molecule has 1 unspecified atom stereocenters. The summed E-state index contributed by atoms with van der Waals surface area (Å²) in [6.07, 6.45) is 5.85. The van der Waals surface area contributed by atoms with Crippen molar-refractivity contribution in [3.8, 4) is 12.3 Å². The number of terminal acetylenes is 1. The fourth-order valence-corrected chi connectivity index (χ4v) is 2.38. The maximum absolute atomic E-state index is 12.0. The van der Waals surface area contributed by atoms with Crippen LogP contribution in [0, 0.1) is 19.3 Å². The second-order valence-corrected chi connectivity index (χ2v) is 6.64. The van der Waals surface area contributed by atoms with Crippen molar-refractivity contribution in [1.29, 1.82) is 0 Å². The van der Waals surface area contributed by atoms with E-state index in [1.807, 2.05) is 6.92 Å². The quantitative estimate of drug-likeness (QED) is 0.684. The van der Waals surface area contributed by atoms with Gasteiger partial charge in [-0.3, -0.25) is 4.79 Å². The van der Waals surface area contributed by atoms with Crippen molar-refractivity contribution in [1.82, 2.24) is 5.32 Å². The molecule has 102 valence electrons. The minimum atomic E-state index is -3.87. The lowest BCUT2D eigenvalue weighted by atomic mass is 10.1. The number of nitrogens with one attached hydrogen (secondary N) is 1. The number of halogens is 1. The Balaban J connectivity index is 3.12. The molecular weight excluding hydrogens is 286 g/mol. The molecule has 0 radical (unpaired) electrons. The molecule has 0 spiro atoms. The molecule has 0 aliphatic heterocycles. The van der Waals surface area contributed by atoms with Crippen LogP contribution in [0.15, 0.2) is 23.1 Å². The van der Waals surface area contributed by atoms with Gasteiger partial charge in [-0.1, -0.05) is 12.8 Å². The Kier molecular flexibility index (Phi) is 4.98. The molecule has 0 aliphatic carbocycles. The first-order valence-electron chi connectivity index (χ1n) is 5.61. The van der Waals surface area contributed by atoms with Crippen molar-refractivity contribution < 1.29 is 13.2 Å². The van der Waals surface area contributed by atoms with E-state index in [0.717, 1.165) is 0 Å². The van der Waals surface area contributed by atoms with Crippen molar-refractivity contribution in [2.75, 3.05) is 0 Å². The Morgan fingerprint density at radius 2 is 2.11 bits per heavy atom. The predicted molar refractivity (Wildman–Crippen MR) is 74.6 cm³/mol. The zero-order valence-corrected chi connectivity index (χ0v) is 12.2. The van der Waals surface area contributed by atoms with Gasteiger partial charge in [-0.2, -0.15) is 0 Å². The van der Waals surface area contributed by atoms with Gasteiger partial charge in [0.05, 0.1) is 10.9 Å². The smallest absolute Gasteiger partial charge is 0.261 e. The minimum Gasteiger partial charge on any atom is -0.338 e. The fraction of sp³-hybridized carbons (Fsp3) is 0.308. The lowest BCUT2D eigenvalue weighted by Crippen LogP contribution is -2.33. The van der Waals surface area contributed by atoms with E-state index in [0.29, 0.717) is 12.0 Å². The van der Waals surface area contributed by atoms with Crippen LogP contribution in [0.4, 0.5) is 0 Å². The lowest BCUT2D eigenvalue weighted by molar-refractivity contribution is 0.0944. The highest BCUT2D eigenvalue weighted by molar-refractivity contribution is 8.13. The number of carbonyl (C=O) groups is 1. The van der Waals surface area contributed by atoms with E-state index in [2.05, 4.69) is 11.2 Å². The van der Waals surface area contributed by atoms with Crippen LogP contribution in [-0.2, 0) is 9.05 Å². The normalized spacial score (nSPS) is 12.5. The third-order valence-electron chi connectivity index (χ3n) is 2.51. The Hall–Kier alpha value is -1.51. The van der Waals surface area contributed by atoms with Crippen LogP contribution in [0.5, 0.6) is 0 Å². The van der Waals surface area contributed by atoms with Crippen molar-refractivity contribution >= 4 is 25.6 Å². The van der Waals surface area contributed by atoms with Crippen molar-refractivity contribution in [3.63, 3.8) is 0 Å². The molecule has 0 aromatic heterocycles. The Labute approximate surface area is 117 Å². The van der Waals surface area contributed by atoms with Crippen molar-refractivity contribution in [3.05, 3.63) is 29.3 Å². The van der Waals surface area contributed by atoms with Gasteiger partial charge in [0.15, 0.2) is 0 Å². The van der Waals surface area contributed by atoms with Crippen molar-refractivity contribution in [2.24, 2.45) is 0 Å². The Bertz CT molecular complexity index is 632. The van der Waals surface area contributed by atoms with Gasteiger partial charge < -0.3 is 5.32 Å². The monoisotopic (exact) mass is 299 g/mol. The summed E-state index contributed by atoms with van der Waals surface area (Å²) in [6.45, 7) is 3.52. The van der Waals surface area contributed by atoms with Gasteiger partial charge in [-0.15, -0.1) is 6.42 Å². The van der Waals surface area contributed by atoms with Crippen molar-refractivity contribution in [2.45, 2.75) is 31.2 Å². The van der Waals surface area contributed by atoms with E-state index in [1.165, 1.54) is 12.1 Å². The average molecular weight is 300 g/mol. The number of carbonyl (C=O) groups excluding carboxylic acids is 1. The average Bonchev–Trinajstić information content (AvgIpc) is 2.33. The third-order valence-corrected chi connectivity index (χ3v) is 3.84. The zero-order chi connectivity index (χ0) is 14.6. The molecule has 1 rings (SSSR count). The molecule has 1 N–H and O–H groups in total. The van der Waals surface area contributed by atoms with Crippen LogP contribution in [-0.4, -0.2) is 20.4 Å². The Morgan fingerprint density at radius 3 is 2.58 bits per heavy atom. The number of rotatable bonds is 4. The first-order chi connectivity index (χ1) is 8.77. The molecule has 1 aromatic rings.